The van der Waals surface area contributed by atoms with Gasteiger partial charge in [-0.2, -0.15) is 0 Å². The molecule has 0 saturated heterocycles. The highest BCUT2D eigenvalue weighted by Gasteiger charge is 2.21. The molecule has 0 N–H and O–H groups in total. The first-order chi connectivity index (χ1) is 12.2. The highest BCUT2D eigenvalue weighted by Crippen LogP contribution is 2.40. The maximum Gasteiger partial charge on any atom is 0.338 e. The van der Waals surface area contributed by atoms with E-state index in [-0.39, 0.29) is 12.4 Å². The fourth-order valence-electron chi connectivity index (χ4n) is 2.43. The number of hydrogen-bond acceptors (Lipinski definition) is 7. The quantitative estimate of drug-likeness (QED) is 0.427. The molecule has 132 valence electrons. The van der Waals surface area contributed by atoms with Crippen LogP contribution in [0.5, 0.6) is 17.2 Å². The van der Waals surface area contributed by atoms with Crippen molar-refractivity contribution >= 4 is 23.1 Å². The van der Waals surface area contributed by atoms with E-state index in [1.807, 2.05) is 11.4 Å². The van der Waals surface area contributed by atoms with Crippen LogP contribution in [-0.4, -0.2) is 38.7 Å². The molecule has 0 fully saturated rings. The van der Waals surface area contributed by atoms with Crippen LogP contribution in [0.3, 0.4) is 0 Å². The number of carbonyl (C=O) groups is 2. The summed E-state index contributed by atoms with van der Waals surface area (Å²) in [7, 11) is 1.50. The SMILES string of the molecule is COc1cc(C(=O)OCCCC(=O)c2cccs2)cc2c1OCCO2. The molecule has 0 atom stereocenters. The molecule has 1 aromatic heterocycles. The summed E-state index contributed by atoms with van der Waals surface area (Å²) in [6.45, 7) is 1.03. The van der Waals surface area contributed by atoms with Crippen molar-refractivity contribution in [2.24, 2.45) is 0 Å². The zero-order chi connectivity index (χ0) is 17.6. The Hall–Kier alpha value is -2.54. The minimum Gasteiger partial charge on any atom is -0.493 e. The normalized spacial score (nSPS) is 12.5. The zero-order valence-electron chi connectivity index (χ0n) is 13.8. The monoisotopic (exact) mass is 362 g/mol. The van der Waals surface area contributed by atoms with Crippen molar-refractivity contribution in [3.05, 3.63) is 40.1 Å². The number of fused-ring (bicyclic) bond motifs is 1. The Morgan fingerprint density at radius 3 is 2.84 bits per heavy atom. The van der Waals surface area contributed by atoms with Gasteiger partial charge in [-0.25, -0.2) is 4.79 Å². The first kappa shape index (κ1) is 17.3. The lowest BCUT2D eigenvalue weighted by atomic mass is 10.1. The van der Waals surface area contributed by atoms with Crippen LogP contribution in [-0.2, 0) is 4.74 Å². The molecule has 6 nitrogen and oxygen atoms in total. The Labute approximate surface area is 149 Å². The Bertz CT molecular complexity index is 736. The summed E-state index contributed by atoms with van der Waals surface area (Å²) in [4.78, 5) is 24.8. The molecule has 0 amide bonds. The lowest BCUT2D eigenvalue weighted by Gasteiger charge is -2.21. The summed E-state index contributed by atoms with van der Waals surface area (Å²) in [6, 6.07) is 6.77. The van der Waals surface area contributed by atoms with Gasteiger partial charge in [0.15, 0.2) is 17.3 Å². The maximum absolute atomic E-state index is 12.2. The van der Waals surface area contributed by atoms with Gasteiger partial charge in [-0.3, -0.25) is 4.79 Å². The summed E-state index contributed by atoms with van der Waals surface area (Å²) in [6.07, 6.45) is 0.822. The number of benzene rings is 1. The second-order valence-electron chi connectivity index (χ2n) is 5.34. The second-order valence-corrected chi connectivity index (χ2v) is 6.29. The molecule has 0 bridgehead atoms. The van der Waals surface area contributed by atoms with E-state index in [9.17, 15) is 9.59 Å². The summed E-state index contributed by atoms with van der Waals surface area (Å²) >= 11 is 1.41. The molecule has 1 aliphatic rings. The second kappa shape index (κ2) is 8.02. The van der Waals surface area contributed by atoms with Crippen LogP contribution >= 0.6 is 11.3 Å². The zero-order valence-corrected chi connectivity index (χ0v) is 14.6. The molecule has 2 heterocycles. The molecule has 2 aromatic rings. The van der Waals surface area contributed by atoms with Gasteiger partial charge in [0.05, 0.1) is 24.2 Å². The van der Waals surface area contributed by atoms with Crippen molar-refractivity contribution in [3.8, 4) is 17.2 Å². The average Bonchev–Trinajstić information content (AvgIpc) is 3.18. The summed E-state index contributed by atoms with van der Waals surface area (Å²) in [5.41, 5.74) is 0.325. The molecular weight excluding hydrogens is 344 g/mol. The molecule has 1 aliphatic heterocycles. The maximum atomic E-state index is 12.2. The standard InChI is InChI=1S/C18H18O6S/c1-21-14-10-12(11-15-17(14)23-8-7-22-15)18(20)24-6-2-4-13(19)16-5-3-9-25-16/h3,5,9-11H,2,4,6-8H2,1H3. The van der Waals surface area contributed by atoms with Crippen LogP contribution < -0.4 is 14.2 Å². The largest absolute Gasteiger partial charge is 0.493 e. The third-order valence-corrected chi connectivity index (χ3v) is 4.55. The van der Waals surface area contributed by atoms with Crippen molar-refractivity contribution in [1.29, 1.82) is 0 Å². The van der Waals surface area contributed by atoms with E-state index in [1.54, 1.807) is 18.2 Å². The molecule has 0 unspecified atom stereocenters. The van der Waals surface area contributed by atoms with Gasteiger partial charge >= 0.3 is 5.97 Å². The smallest absolute Gasteiger partial charge is 0.338 e. The third-order valence-electron chi connectivity index (χ3n) is 3.64. The number of thiophene rings is 1. The van der Waals surface area contributed by atoms with Crippen LogP contribution in [0, 0.1) is 0 Å². The third kappa shape index (κ3) is 4.11. The first-order valence-electron chi connectivity index (χ1n) is 7.90. The number of ether oxygens (including phenoxy) is 4. The van der Waals surface area contributed by atoms with Gasteiger partial charge < -0.3 is 18.9 Å². The summed E-state index contributed by atoms with van der Waals surface area (Å²) < 4.78 is 21.5. The fraction of sp³-hybridized carbons (Fsp3) is 0.333. The predicted octanol–water partition coefficient (Wildman–Crippen LogP) is 3.35. The van der Waals surface area contributed by atoms with Gasteiger partial charge in [-0.1, -0.05) is 6.07 Å². The number of Topliss-reactive ketones (excluding diaryl/α,β-unsaturated/α-hetero) is 1. The average molecular weight is 362 g/mol. The Morgan fingerprint density at radius 2 is 2.08 bits per heavy atom. The number of rotatable bonds is 7. The Kier molecular flexibility index (Phi) is 5.55. The molecule has 7 heteroatoms. The van der Waals surface area contributed by atoms with Crippen LogP contribution in [0.1, 0.15) is 32.9 Å². The topological polar surface area (TPSA) is 71.1 Å². The number of ketones is 1. The Balaban J connectivity index is 1.55. The lowest BCUT2D eigenvalue weighted by Crippen LogP contribution is -2.17. The molecule has 0 aliphatic carbocycles. The fourth-order valence-corrected chi connectivity index (χ4v) is 3.13. The van der Waals surface area contributed by atoms with Gasteiger partial charge in [-0.05, 0) is 30.0 Å². The van der Waals surface area contributed by atoms with E-state index in [4.69, 9.17) is 18.9 Å². The van der Waals surface area contributed by atoms with Crippen LogP contribution in [0.4, 0.5) is 0 Å². The van der Waals surface area contributed by atoms with Crippen molar-refractivity contribution < 1.29 is 28.5 Å². The molecule has 0 radical (unpaired) electrons. The number of hydrogen-bond donors (Lipinski definition) is 0. The van der Waals surface area contributed by atoms with Crippen LogP contribution in [0.15, 0.2) is 29.6 Å². The summed E-state index contributed by atoms with van der Waals surface area (Å²) in [5.74, 6) is 0.959. The van der Waals surface area contributed by atoms with E-state index in [1.165, 1.54) is 18.4 Å². The van der Waals surface area contributed by atoms with Gasteiger partial charge in [-0.15, -0.1) is 11.3 Å². The number of esters is 1. The molecule has 25 heavy (non-hydrogen) atoms. The summed E-state index contributed by atoms with van der Waals surface area (Å²) in [5, 5.41) is 1.86. The number of carbonyl (C=O) groups excluding carboxylic acids is 2. The number of methoxy groups -OCH3 is 1. The van der Waals surface area contributed by atoms with E-state index in [0.29, 0.717) is 48.9 Å². The molecule has 1 aromatic carbocycles. The first-order valence-corrected chi connectivity index (χ1v) is 8.78. The van der Waals surface area contributed by atoms with Crippen LogP contribution in [0.25, 0.3) is 0 Å². The lowest BCUT2D eigenvalue weighted by molar-refractivity contribution is 0.0492. The molecular formula is C18H18O6S. The minimum atomic E-state index is -0.487. The van der Waals surface area contributed by atoms with E-state index in [0.717, 1.165) is 4.88 Å². The van der Waals surface area contributed by atoms with Crippen molar-refractivity contribution in [3.63, 3.8) is 0 Å². The Morgan fingerprint density at radius 1 is 1.24 bits per heavy atom. The van der Waals surface area contributed by atoms with Crippen molar-refractivity contribution in [2.75, 3.05) is 26.9 Å². The van der Waals surface area contributed by atoms with E-state index >= 15 is 0 Å². The molecule has 0 spiro atoms. The van der Waals surface area contributed by atoms with Crippen LogP contribution in [0.2, 0.25) is 0 Å². The van der Waals surface area contributed by atoms with Gasteiger partial charge in [0.1, 0.15) is 13.2 Å². The molecule has 0 saturated carbocycles. The molecule has 3 rings (SSSR count). The van der Waals surface area contributed by atoms with Crippen molar-refractivity contribution in [2.45, 2.75) is 12.8 Å². The van der Waals surface area contributed by atoms with E-state index in [2.05, 4.69) is 0 Å². The predicted molar refractivity (Wildman–Crippen MR) is 92.2 cm³/mol. The van der Waals surface area contributed by atoms with E-state index < -0.39 is 5.97 Å². The van der Waals surface area contributed by atoms with Gasteiger partial charge in [0.2, 0.25) is 5.75 Å². The highest BCUT2D eigenvalue weighted by atomic mass is 32.1. The van der Waals surface area contributed by atoms with Crippen molar-refractivity contribution in [1.82, 2.24) is 0 Å². The van der Waals surface area contributed by atoms with Gasteiger partial charge in [0, 0.05) is 6.42 Å². The van der Waals surface area contributed by atoms with Gasteiger partial charge in [0.25, 0.3) is 0 Å². The highest BCUT2D eigenvalue weighted by molar-refractivity contribution is 7.12. The minimum absolute atomic E-state index is 0.0621.